The van der Waals surface area contributed by atoms with Crippen LogP contribution in [0.2, 0.25) is 0 Å². The van der Waals surface area contributed by atoms with Gasteiger partial charge in [0.1, 0.15) is 10.9 Å². The molecule has 0 radical (unpaired) electrons. The maximum atomic E-state index is 12.0. The summed E-state index contributed by atoms with van der Waals surface area (Å²) in [7, 11) is -0.385. The molecule has 4 rings (SSSR count). The van der Waals surface area contributed by atoms with Gasteiger partial charge in [0, 0.05) is 56.9 Å². The predicted octanol–water partition coefficient (Wildman–Crippen LogP) is 2.49. The first-order chi connectivity index (χ1) is 14.3. The fraction of sp³-hybridized carbons (Fsp3) is 0.421. The summed E-state index contributed by atoms with van der Waals surface area (Å²) in [5.74, 6) is 1.30. The molecule has 31 heavy (non-hydrogen) atoms. The zero-order valence-corrected chi connectivity index (χ0v) is 19.8. The van der Waals surface area contributed by atoms with Crippen LogP contribution in [0.25, 0.3) is 0 Å². The lowest BCUT2D eigenvalue weighted by molar-refractivity contribution is 0.295. The molecule has 0 spiro atoms. The Morgan fingerprint density at radius 1 is 1.29 bits per heavy atom. The van der Waals surface area contributed by atoms with Gasteiger partial charge in [-0.25, -0.2) is 9.97 Å². The molecule has 1 aromatic heterocycles. The van der Waals surface area contributed by atoms with Gasteiger partial charge >= 0.3 is 0 Å². The molecule has 3 heterocycles. The van der Waals surface area contributed by atoms with Crippen LogP contribution in [0.15, 0.2) is 40.5 Å². The Balaban J connectivity index is 0.00000272. The van der Waals surface area contributed by atoms with Crippen molar-refractivity contribution in [2.45, 2.75) is 35.2 Å². The summed E-state index contributed by atoms with van der Waals surface area (Å²) in [5, 5.41) is 12.7. The average Bonchev–Trinajstić information content (AvgIpc) is 2.72. The number of hydrogen-bond donors (Lipinski definition) is 3. The molecule has 168 valence electrons. The Bertz CT molecular complexity index is 1060. The lowest BCUT2D eigenvalue weighted by Crippen LogP contribution is -2.49. The fourth-order valence-corrected chi connectivity index (χ4v) is 5.23. The molecule has 0 saturated carbocycles. The predicted molar refractivity (Wildman–Crippen MR) is 125 cm³/mol. The van der Waals surface area contributed by atoms with E-state index in [0.717, 1.165) is 27.0 Å². The Kier molecular flexibility index (Phi) is 7.43. The quantitative estimate of drug-likeness (QED) is 0.377. The van der Waals surface area contributed by atoms with E-state index in [-0.39, 0.29) is 18.4 Å². The molecule has 0 amide bonds. The van der Waals surface area contributed by atoms with Gasteiger partial charge in [-0.05, 0) is 30.5 Å². The molecular weight excluding hydrogens is 458 g/mol. The number of likely N-dealkylation sites (tertiary alicyclic amines) is 1. The SMILES string of the molecule is CN(C)S(=O)(=O)NC1CCN(C(=N)Cc2ccc3c(c2)Nc2nccnc2S3)CC1.Cl. The number of halogens is 1. The van der Waals surface area contributed by atoms with Gasteiger partial charge in [-0.1, -0.05) is 17.8 Å². The third kappa shape index (κ3) is 5.47. The Morgan fingerprint density at radius 2 is 2.00 bits per heavy atom. The molecule has 12 heteroatoms. The molecule has 1 saturated heterocycles. The molecule has 1 aromatic carbocycles. The van der Waals surface area contributed by atoms with Gasteiger partial charge in [0.05, 0.1) is 5.69 Å². The highest BCUT2D eigenvalue weighted by atomic mass is 35.5. The number of amidine groups is 1. The summed E-state index contributed by atoms with van der Waals surface area (Å²) < 4.78 is 27.9. The highest BCUT2D eigenvalue weighted by Crippen LogP contribution is 2.42. The van der Waals surface area contributed by atoms with Crippen LogP contribution in [0.4, 0.5) is 11.5 Å². The lowest BCUT2D eigenvalue weighted by atomic mass is 10.0. The monoisotopic (exact) mass is 483 g/mol. The summed E-state index contributed by atoms with van der Waals surface area (Å²) in [6.45, 7) is 1.34. The highest BCUT2D eigenvalue weighted by molar-refractivity contribution is 7.99. The van der Waals surface area contributed by atoms with Crippen molar-refractivity contribution in [2.24, 2.45) is 0 Å². The van der Waals surface area contributed by atoms with Gasteiger partial charge in [0.15, 0.2) is 5.82 Å². The standard InChI is InChI=1S/C19H25N7O2S2.ClH/c1-25(2)30(27,28)24-14-5-9-26(10-6-14)17(20)12-13-3-4-16-15(11-13)23-18-19(29-16)22-8-7-21-18;/h3-4,7-8,11,14,20,24H,5-6,9-10,12H2,1-2H3,(H,21,23);1H. The molecule has 1 fully saturated rings. The number of benzene rings is 1. The number of nitrogens with one attached hydrogen (secondary N) is 3. The Labute approximate surface area is 193 Å². The smallest absolute Gasteiger partial charge is 0.279 e. The summed E-state index contributed by atoms with van der Waals surface area (Å²) in [5.41, 5.74) is 2.03. The molecule has 0 aliphatic carbocycles. The van der Waals surface area contributed by atoms with Crippen LogP contribution in [0.1, 0.15) is 18.4 Å². The van der Waals surface area contributed by atoms with Crippen molar-refractivity contribution >= 4 is 51.7 Å². The van der Waals surface area contributed by atoms with Crippen molar-refractivity contribution in [2.75, 3.05) is 32.5 Å². The second-order valence-corrected chi connectivity index (χ2v) is 10.5. The first-order valence-electron chi connectivity index (χ1n) is 9.73. The molecule has 2 aromatic rings. The second-order valence-electron chi connectivity index (χ2n) is 7.56. The fourth-order valence-electron chi connectivity index (χ4n) is 3.48. The minimum absolute atomic E-state index is 0. The molecule has 0 atom stereocenters. The first-order valence-corrected chi connectivity index (χ1v) is 12.0. The number of nitrogens with zero attached hydrogens (tertiary/aromatic N) is 4. The van der Waals surface area contributed by atoms with Crippen LogP contribution in [0, 0.1) is 5.41 Å². The molecule has 3 N–H and O–H groups in total. The maximum absolute atomic E-state index is 12.0. The summed E-state index contributed by atoms with van der Waals surface area (Å²) in [6.07, 6.45) is 5.25. The Hall–Kier alpha value is -1.92. The van der Waals surface area contributed by atoms with Gasteiger partial charge in [-0.15, -0.1) is 12.4 Å². The van der Waals surface area contributed by atoms with E-state index in [0.29, 0.717) is 38.2 Å². The molecule has 0 bridgehead atoms. The summed E-state index contributed by atoms with van der Waals surface area (Å²) in [6, 6.07) is 6.07. The summed E-state index contributed by atoms with van der Waals surface area (Å²) in [4.78, 5) is 11.8. The second kappa shape index (κ2) is 9.70. The van der Waals surface area contributed by atoms with Crippen molar-refractivity contribution in [1.29, 1.82) is 5.41 Å². The van der Waals surface area contributed by atoms with Crippen LogP contribution in [0.3, 0.4) is 0 Å². The molecular formula is C19H26ClN7O2S2. The number of rotatable bonds is 5. The normalized spacial score (nSPS) is 16.2. The van der Waals surface area contributed by atoms with E-state index in [4.69, 9.17) is 5.41 Å². The van der Waals surface area contributed by atoms with Crippen LogP contribution in [-0.4, -0.2) is 66.7 Å². The van der Waals surface area contributed by atoms with Crippen molar-refractivity contribution in [3.8, 4) is 0 Å². The molecule has 2 aliphatic heterocycles. The van der Waals surface area contributed by atoms with Gasteiger partial charge in [-0.3, -0.25) is 5.41 Å². The van der Waals surface area contributed by atoms with Crippen molar-refractivity contribution in [3.63, 3.8) is 0 Å². The lowest BCUT2D eigenvalue weighted by Gasteiger charge is -2.34. The van der Waals surface area contributed by atoms with Gasteiger partial charge in [0.2, 0.25) is 0 Å². The van der Waals surface area contributed by atoms with Crippen LogP contribution in [-0.2, 0) is 16.6 Å². The third-order valence-corrected chi connectivity index (χ3v) is 7.87. The maximum Gasteiger partial charge on any atom is 0.279 e. The van der Waals surface area contributed by atoms with Gasteiger partial charge < -0.3 is 10.2 Å². The zero-order chi connectivity index (χ0) is 21.3. The zero-order valence-electron chi connectivity index (χ0n) is 17.3. The third-order valence-electron chi connectivity index (χ3n) is 5.21. The minimum atomic E-state index is -3.42. The van der Waals surface area contributed by atoms with Crippen molar-refractivity contribution in [3.05, 3.63) is 36.2 Å². The Morgan fingerprint density at radius 3 is 2.71 bits per heavy atom. The van der Waals surface area contributed by atoms with Crippen LogP contribution < -0.4 is 10.0 Å². The molecule has 9 nitrogen and oxygen atoms in total. The van der Waals surface area contributed by atoms with E-state index in [1.54, 1.807) is 24.2 Å². The van der Waals surface area contributed by atoms with Crippen molar-refractivity contribution in [1.82, 2.24) is 23.9 Å². The minimum Gasteiger partial charge on any atom is -0.360 e. The number of piperidine rings is 1. The number of anilines is 2. The summed E-state index contributed by atoms with van der Waals surface area (Å²) >= 11 is 1.59. The van der Waals surface area contributed by atoms with E-state index < -0.39 is 10.2 Å². The highest BCUT2D eigenvalue weighted by Gasteiger charge is 2.26. The first kappa shape index (κ1) is 23.7. The number of aromatic nitrogens is 2. The van der Waals surface area contributed by atoms with E-state index in [9.17, 15) is 8.42 Å². The average molecular weight is 484 g/mol. The number of hydrogen-bond acceptors (Lipinski definition) is 7. The van der Waals surface area contributed by atoms with E-state index in [2.05, 4.69) is 32.1 Å². The topological polar surface area (TPSA) is 114 Å². The number of fused-ring (bicyclic) bond motifs is 2. The van der Waals surface area contributed by atoms with E-state index in [1.165, 1.54) is 18.4 Å². The largest absolute Gasteiger partial charge is 0.360 e. The van der Waals surface area contributed by atoms with Crippen molar-refractivity contribution < 1.29 is 8.42 Å². The molecule has 0 unspecified atom stereocenters. The van der Waals surface area contributed by atoms with E-state index in [1.807, 2.05) is 11.0 Å². The van der Waals surface area contributed by atoms with Crippen LogP contribution >= 0.6 is 24.2 Å². The van der Waals surface area contributed by atoms with E-state index >= 15 is 0 Å². The molecule has 2 aliphatic rings. The van der Waals surface area contributed by atoms with Crippen LogP contribution in [0.5, 0.6) is 0 Å². The van der Waals surface area contributed by atoms with Gasteiger partial charge in [0.25, 0.3) is 10.2 Å². The van der Waals surface area contributed by atoms with Gasteiger partial charge in [-0.2, -0.15) is 17.4 Å².